The number of hydrogen-bond acceptors (Lipinski definition) is 4. The molecule has 1 aliphatic carbocycles. The molecule has 0 radical (unpaired) electrons. The summed E-state index contributed by atoms with van der Waals surface area (Å²) < 4.78 is 0. The summed E-state index contributed by atoms with van der Waals surface area (Å²) in [5, 5.41) is 12.5. The summed E-state index contributed by atoms with van der Waals surface area (Å²) in [6.07, 6.45) is 4.64. The molecule has 2 rings (SSSR count). The lowest BCUT2D eigenvalue weighted by Gasteiger charge is -2.29. The van der Waals surface area contributed by atoms with Crippen LogP contribution in [0.2, 0.25) is 0 Å². The van der Waals surface area contributed by atoms with Crippen LogP contribution >= 0.6 is 0 Å². The van der Waals surface area contributed by atoms with E-state index in [1.807, 2.05) is 0 Å². The molecule has 0 aromatic rings. The fourth-order valence-corrected chi connectivity index (χ4v) is 2.73. The first-order chi connectivity index (χ1) is 8.56. The number of nitrogens with zero attached hydrogens (tertiary/aromatic N) is 2. The first-order valence-electron chi connectivity index (χ1n) is 6.94. The van der Waals surface area contributed by atoms with E-state index in [1.165, 1.54) is 12.8 Å². The van der Waals surface area contributed by atoms with Crippen molar-refractivity contribution in [3.8, 4) is 0 Å². The standard InChI is InChI=1S/C13H25N3O2/c1-15(2)8-11-4-3-7-16(11)9-12(13(17)18)14-10-5-6-10/h10-12,14H,3-9H2,1-2H3,(H,17,18). The first-order valence-corrected chi connectivity index (χ1v) is 6.94. The molecule has 1 aliphatic heterocycles. The molecule has 104 valence electrons. The molecule has 5 heteroatoms. The van der Waals surface area contributed by atoms with Crippen LogP contribution in [-0.2, 0) is 4.79 Å². The van der Waals surface area contributed by atoms with E-state index < -0.39 is 12.0 Å². The van der Waals surface area contributed by atoms with Crippen molar-refractivity contribution in [2.45, 2.75) is 43.8 Å². The summed E-state index contributed by atoms with van der Waals surface area (Å²) in [7, 11) is 4.15. The minimum atomic E-state index is -0.711. The lowest BCUT2D eigenvalue weighted by atomic mass is 10.2. The van der Waals surface area contributed by atoms with Gasteiger partial charge in [0.1, 0.15) is 6.04 Å². The highest BCUT2D eigenvalue weighted by Gasteiger charge is 2.33. The fraction of sp³-hybridized carbons (Fsp3) is 0.923. The molecular formula is C13H25N3O2. The SMILES string of the molecule is CN(C)CC1CCCN1CC(NC1CC1)C(=O)O. The van der Waals surface area contributed by atoms with Crippen LogP contribution in [0.1, 0.15) is 25.7 Å². The lowest BCUT2D eigenvalue weighted by Crippen LogP contribution is -2.49. The Kier molecular flexibility index (Phi) is 4.59. The molecule has 0 spiro atoms. The maximum absolute atomic E-state index is 11.3. The van der Waals surface area contributed by atoms with Crippen LogP contribution in [0.15, 0.2) is 0 Å². The zero-order chi connectivity index (χ0) is 13.1. The van der Waals surface area contributed by atoms with Crippen molar-refractivity contribution < 1.29 is 9.90 Å². The van der Waals surface area contributed by atoms with E-state index in [0.717, 1.165) is 25.9 Å². The van der Waals surface area contributed by atoms with Crippen LogP contribution in [0.5, 0.6) is 0 Å². The molecule has 18 heavy (non-hydrogen) atoms. The van der Waals surface area contributed by atoms with Gasteiger partial charge in [-0.1, -0.05) is 0 Å². The third-order valence-electron chi connectivity index (χ3n) is 3.80. The zero-order valence-electron chi connectivity index (χ0n) is 11.4. The highest BCUT2D eigenvalue weighted by Crippen LogP contribution is 2.21. The van der Waals surface area contributed by atoms with E-state index in [1.54, 1.807) is 0 Å². The number of aliphatic carboxylic acids is 1. The maximum atomic E-state index is 11.3. The molecule has 0 aromatic heterocycles. The van der Waals surface area contributed by atoms with E-state index in [4.69, 9.17) is 0 Å². The minimum absolute atomic E-state index is 0.403. The Bertz CT molecular complexity index is 292. The fourth-order valence-electron chi connectivity index (χ4n) is 2.73. The van der Waals surface area contributed by atoms with Crippen LogP contribution in [0.3, 0.4) is 0 Å². The van der Waals surface area contributed by atoms with Crippen molar-refractivity contribution in [3.05, 3.63) is 0 Å². The van der Waals surface area contributed by atoms with Gasteiger partial charge in [-0.2, -0.15) is 0 Å². The van der Waals surface area contributed by atoms with Gasteiger partial charge in [0.25, 0.3) is 0 Å². The Hall–Kier alpha value is -0.650. The molecule has 5 nitrogen and oxygen atoms in total. The van der Waals surface area contributed by atoms with Crippen LogP contribution in [0, 0.1) is 0 Å². The molecule has 1 heterocycles. The summed E-state index contributed by atoms with van der Waals surface area (Å²) in [4.78, 5) is 15.8. The summed E-state index contributed by atoms with van der Waals surface area (Å²) in [6, 6.07) is 0.559. The normalized spacial score (nSPS) is 26.7. The molecule has 2 N–H and O–H groups in total. The number of likely N-dealkylation sites (tertiary alicyclic amines) is 1. The zero-order valence-corrected chi connectivity index (χ0v) is 11.4. The molecular weight excluding hydrogens is 230 g/mol. The van der Waals surface area contributed by atoms with Gasteiger partial charge in [0.2, 0.25) is 0 Å². The van der Waals surface area contributed by atoms with Crippen molar-refractivity contribution in [1.29, 1.82) is 0 Å². The molecule has 1 saturated heterocycles. The summed E-state index contributed by atoms with van der Waals surface area (Å²) >= 11 is 0. The number of nitrogens with one attached hydrogen (secondary N) is 1. The number of carboxylic acid groups (broad SMARTS) is 1. The number of carbonyl (C=O) groups is 1. The molecule has 1 saturated carbocycles. The highest BCUT2D eigenvalue weighted by molar-refractivity contribution is 5.73. The predicted molar refractivity (Wildman–Crippen MR) is 70.7 cm³/mol. The smallest absolute Gasteiger partial charge is 0.322 e. The first kappa shape index (κ1) is 13.8. The van der Waals surface area contributed by atoms with Gasteiger partial charge in [0, 0.05) is 25.2 Å². The Morgan fingerprint density at radius 2 is 2.17 bits per heavy atom. The van der Waals surface area contributed by atoms with E-state index in [0.29, 0.717) is 18.6 Å². The van der Waals surface area contributed by atoms with Gasteiger partial charge < -0.3 is 15.3 Å². The van der Waals surface area contributed by atoms with Crippen molar-refractivity contribution in [2.75, 3.05) is 33.7 Å². The van der Waals surface area contributed by atoms with E-state index >= 15 is 0 Å². The Balaban J connectivity index is 1.86. The quantitative estimate of drug-likeness (QED) is 0.681. The van der Waals surface area contributed by atoms with Crippen molar-refractivity contribution in [1.82, 2.24) is 15.1 Å². The number of rotatable bonds is 7. The molecule has 2 atom stereocenters. The summed E-state index contributed by atoms with van der Waals surface area (Å²) in [6.45, 7) is 2.70. The second-order valence-corrected chi connectivity index (χ2v) is 5.88. The average Bonchev–Trinajstić information content (AvgIpc) is 2.99. The average molecular weight is 255 g/mol. The van der Waals surface area contributed by atoms with Crippen molar-refractivity contribution >= 4 is 5.97 Å². The summed E-state index contributed by atoms with van der Waals surface area (Å²) in [5.41, 5.74) is 0. The molecule has 0 aromatic carbocycles. The Labute approximate surface area is 109 Å². The minimum Gasteiger partial charge on any atom is -0.480 e. The Morgan fingerprint density at radius 1 is 1.44 bits per heavy atom. The second kappa shape index (κ2) is 5.99. The number of likely N-dealkylation sites (N-methyl/N-ethyl adjacent to an activating group) is 1. The number of hydrogen-bond donors (Lipinski definition) is 2. The monoisotopic (exact) mass is 255 g/mol. The van der Waals surface area contributed by atoms with Crippen molar-refractivity contribution in [3.63, 3.8) is 0 Å². The van der Waals surface area contributed by atoms with Gasteiger partial charge in [-0.05, 0) is 46.3 Å². The Morgan fingerprint density at radius 3 is 2.72 bits per heavy atom. The second-order valence-electron chi connectivity index (χ2n) is 5.88. The van der Waals surface area contributed by atoms with Crippen LogP contribution in [-0.4, -0.2) is 72.7 Å². The highest BCUT2D eigenvalue weighted by atomic mass is 16.4. The lowest BCUT2D eigenvalue weighted by molar-refractivity contribution is -0.140. The van der Waals surface area contributed by atoms with Gasteiger partial charge in [-0.25, -0.2) is 0 Å². The molecule has 0 bridgehead atoms. The van der Waals surface area contributed by atoms with Crippen LogP contribution in [0.4, 0.5) is 0 Å². The van der Waals surface area contributed by atoms with Crippen molar-refractivity contribution in [2.24, 2.45) is 0 Å². The van der Waals surface area contributed by atoms with E-state index in [-0.39, 0.29) is 0 Å². The van der Waals surface area contributed by atoms with Gasteiger partial charge in [0.15, 0.2) is 0 Å². The molecule has 2 aliphatic rings. The van der Waals surface area contributed by atoms with E-state index in [2.05, 4.69) is 29.2 Å². The maximum Gasteiger partial charge on any atom is 0.322 e. The summed E-state index contributed by atoms with van der Waals surface area (Å²) in [5.74, 6) is -0.711. The molecule has 2 unspecified atom stereocenters. The van der Waals surface area contributed by atoms with Gasteiger partial charge in [-0.15, -0.1) is 0 Å². The van der Waals surface area contributed by atoms with Gasteiger partial charge in [-0.3, -0.25) is 9.69 Å². The van der Waals surface area contributed by atoms with Gasteiger partial charge >= 0.3 is 5.97 Å². The molecule has 0 amide bonds. The third kappa shape index (κ3) is 3.93. The molecule has 2 fully saturated rings. The van der Waals surface area contributed by atoms with E-state index in [9.17, 15) is 9.90 Å². The predicted octanol–water partition coefficient (Wildman–Crippen LogP) is 0.218. The largest absolute Gasteiger partial charge is 0.480 e. The number of carboxylic acids is 1. The van der Waals surface area contributed by atoms with Gasteiger partial charge in [0.05, 0.1) is 0 Å². The third-order valence-corrected chi connectivity index (χ3v) is 3.80. The van der Waals surface area contributed by atoms with Crippen LogP contribution < -0.4 is 5.32 Å². The topological polar surface area (TPSA) is 55.8 Å². The van der Waals surface area contributed by atoms with Crippen LogP contribution in [0.25, 0.3) is 0 Å².